The van der Waals surface area contributed by atoms with E-state index in [9.17, 15) is 24.6 Å². The molecule has 9 nitrogen and oxygen atoms in total. The summed E-state index contributed by atoms with van der Waals surface area (Å²) in [6, 6.07) is 11.6. The van der Waals surface area contributed by atoms with E-state index < -0.39 is 30.1 Å². The van der Waals surface area contributed by atoms with Crippen molar-refractivity contribution >= 4 is 18.1 Å². The summed E-state index contributed by atoms with van der Waals surface area (Å²) < 4.78 is 11.6. The molecule has 0 spiro atoms. The van der Waals surface area contributed by atoms with Gasteiger partial charge in [0.1, 0.15) is 18.5 Å². The third-order valence-electron chi connectivity index (χ3n) is 6.75. The van der Waals surface area contributed by atoms with Crippen LogP contribution in [0.4, 0.5) is 0 Å². The smallest absolute Gasteiger partial charge is 0.247 e. The molecule has 2 aromatic carbocycles. The molecule has 1 aliphatic carbocycles. The number of aliphatic hydroxyl groups is 2. The topological polar surface area (TPSA) is 125 Å². The number of carbonyl (C=O) groups is 3. The molecule has 2 aromatic rings. The third kappa shape index (κ3) is 5.34. The Hall–Kier alpha value is -3.95. The highest BCUT2D eigenvalue weighted by Gasteiger charge is 2.51. The van der Waals surface area contributed by atoms with Gasteiger partial charge in [0.2, 0.25) is 11.8 Å². The Morgan fingerprint density at radius 2 is 1.97 bits per heavy atom. The van der Waals surface area contributed by atoms with Crippen molar-refractivity contribution in [2.45, 2.75) is 44.1 Å². The van der Waals surface area contributed by atoms with Gasteiger partial charge in [-0.25, -0.2) is 0 Å². The standard InChI is InChI=1S/C29H32N2O7/c1-3-4-10-24(34)31(16-18-8-6-5-7-9-18)22-15-21(29(36)30-11-12-32)25-20-13-19(17-33)14-23(37-2)27(20)38-28(25)26(22)35/h4-10,13-15,17,22,25-26,28,32,35H,3,11-12,16H2,1-2H3,(H,30,36). The van der Waals surface area contributed by atoms with Crippen molar-refractivity contribution in [1.29, 1.82) is 0 Å². The van der Waals surface area contributed by atoms with Crippen molar-refractivity contribution in [1.82, 2.24) is 10.2 Å². The number of fused-ring (bicyclic) bond motifs is 3. The maximum absolute atomic E-state index is 13.4. The lowest BCUT2D eigenvalue weighted by molar-refractivity contribution is -0.133. The Labute approximate surface area is 221 Å². The SMILES string of the molecule is CCC=CC(=O)N(Cc1ccccc1)C1C=C(C(=O)NCCO)C2c3cc(C=O)cc(OC)c3OC2C1O. The van der Waals surface area contributed by atoms with Gasteiger partial charge in [-0.2, -0.15) is 0 Å². The molecule has 0 saturated carbocycles. The van der Waals surface area contributed by atoms with Crippen LogP contribution in [0.15, 0.2) is 66.3 Å². The van der Waals surface area contributed by atoms with Crippen LogP contribution in [0.3, 0.4) is 0 Å². The van der Waals surface area contributed by atoms with Crippen molar-refractivity contribution in [2.75, 3.05) is 20.3 Å². The van der Waals surface area contributed by atoms with Gasteiger partial charge in [0.05, 0.1) is 25.7 Å². The van der Waals surface area contributed by atoms with Gasteiger partial charge >= 0.3 is 0 Å². The number of nitrogens with zero attached hydrogens (tertiary/aromatic N) is 1. The predicted molar refractivity (Wildman–Crippen MR) is 140 cm³/mol. The maximum atomic E-state index is 13.4. The van der Waals surface area contributed by atoms with Crippen molar-refractivity contribution in [3.05, 3.63) is 83.0 Å². The first-order valence-electron chi connectivity index (χ1n) is 12.6. The molecule has 2 aliphatic rings. The first-order valence-corrected chi connectivity index (χ1v) is 12.6. The fourth-order valence-electron chi connectivity index (χ4n) is 4.98. The minimum atomic E-state index is -1.20. The number of allylic oxidation sites excluding steroid dienone is 1. The number of methoxy groups -OCH3 is 1. The number of hydrogen-bond acceptors (Lipinski definition) is 7. The summed E-state index contributed by atoms with van der Waals surface area (Å²) in [6.07, 6.45) is 4.01. The molecule has 0 saturated heterocycles. The number of benzene rings is 2. The van der Waals surface area contributed by atoms with Gasteiger partial charge in [-0.3, -0.25) is 14.4 Å². The van der Waals surface area contributed by atoms with E-state index in [2.05, 4.69) is 5.32 Å². The zero-order chi connectivity index (χ0) is 27.2. The van der Waals surface area contributed by atoms with Crippen LogP contribution in [0.5, 0.6) is 11.5 Å². The van der Waals surface area contributed by atoms with Crippen molar-refractivity contribution < 1.29 is 34.1 Å². The van der Waals surface area contributed by atoms with E-state index in [4.69, 9.17) is 9.47 Å². The van der Waals surface area contributed by atoms with E-state index in [0.717, 1.165) is 5.56 Å². The Balaban J connectivity index is 1.83. The van der Waals surface area contributed by atoms with Crippen LogP contribution in [-0.2, 0) is 16.1 Å². The molecule has 200 valence electrons. The minimum Gasteiger partial charge on any atom is -0.493 e. The molecule has 1 heterocycles. The fourth-order valence-corrected chi connectivity index (χ4v) is 4.98. The summed E-state index contributed by atoms with van der Waals surface area (Å²) in [6.45, 7) is 1.88. The highest BCUT2D eigenvalue weighted by Crippen LogP contribution is 2.51. The van der Waals surface area contributed by atoms with Crippen LogP contribution in [0.2, 0.25) is 0 Å². The number of nitrogens with one attached hydrogen (secondary N) is 1. The average molecular weight is 521 g/mol. The van der Waals surface area contributed by atoms with Gasteiger partial charge in [0.25, 0.3) is 0 Å². The van der Waals surface area contributed by atoms with E-state index >= 15 is 0 Å². The summed E-state index contributed by atoms with van der Waals surface area (Å²) in [5.74, 6) is -0.861. The van der Waals surface area contributed by atoms with E-state index in [1.165, 1.54) is 24.2 Å². The van der Waals surface area contributed by atoms with Crippen LogP contribution < -0.4 is 14.8 Å². The number of aldehydes is 1. The lowest BCUT2D eigenvalue weighted by Crippen LogP contribution is -2.55. The van der Waals surface area contributed by atoms with Crippen LogP contribution in [0.1, 0.15) is 40.7 Å². The van der Waals surface area contributed by atoms with Crippen molar-refractivity contribution in [2.24, 2.45) is 0 Å². The highest BCUT2D eigenvalue weighted by atomic mass is 16.5. The molecule has 9 heteroatoms. The largest absolute Gasteiger partial charge is 0.493 e. The van der Waals surface area contributed by atoms with Crippen LogP contribution in [-0.4, -0.2) is 71.7 Å². The highest BCUT2D eigenvalue weighted by molar-refractivity contribution is 5.97. The van der Waals surface area contributed by atoms with E-state index in [-0.39, 0.29) is 31.2 Å². The van der Waals surface area contributed by atoms with Gasteiger partial charge < -0.3 is 29.9 Å². The number of hydrogen-bond donors (Lipinski definition) is 3. The number of aliphatic hydroxyl groups excluding tert-OH is 2. The monoisotopic (exact) mass is 520 g/mol. The first kappa shape index (κ1) is 27.1. The molecule has 4 unspecified atom stereocenters. The summed E-state index contributed by atoms with van der Waals surface area (Å²) in [7, 11) is 1.44. The fraction of sp³-hybridized carbons (Fsp3) is 0.345. The first-order chi connectivity index (χ1) is 18.4. The molecule has 4 rings (SSSR count). The van der Waals surface area contributed by atoms with Gasteiger partial charge in [0, 0.05) is 29.8 Å². The minimum absolute atomic E-state index is 0.0259. The predicted octanol–water partition coefficient (Wildman–Crippen LogP) is 2.13. The van der Waals surface area contributed by atoms with Gasteiger partial charge in [-0.1, -0.05) is 43.3 Å². The van der Waals surface area contributed by atoms with E-state index in [1.807, 2.05) is 37.3 Å². The lowest BCUT2D eigenvalue weighted by Gasteiger charge is -2.40. The van der Waals surface area contributed by atoms with Crippen molar-refractivity contribution in [3.63, 3.8) is 0 Å². The number of ether oxygens (including phenoxy) is 2. The molecular formula is C29H32N2O7. The van der Waals surface area contributed by atoms with Gasteiger partial charge in [0.15, 0.2) is 11.5 Å². The van der Waals surface area contributed by atoms with E-state index in [1.54, 1.807) is 18.2 Å². The molecule has 0 bridgehead atoms. The van der Waals surface area contributed by atoms with Crippen LogP contribution >= 0.6 is 0 Å². The van der Waals surface area contributed by atoms with E-state index in [0.29, 0.717) is 35.3 Å². The zero-order valence-electron chi connectivity index (χ0n) is 21.4. The molecule has 0 radical (unpaired) electrons. The van der Waals surface area contributed by atoms with Crippen LogP contribution in [0, 0.1) is 0 Å². The second-order valence-corrected chi connectivity index (χ2v) is 9.16. The number of rotatable bonds is 10. The summed E-state index contributed by atoms with van der Waals surface area (Å²) in [4.78, 5) is 39.8. The van der Waals surface area contributed by atoms with Gasteiger partial charge in [-0.15, -0.1) is 0 Å². The average Bonchev–Trinajstić information content (AvgIpc) is 3.34. The molecular weight excluding hydrogens is 488 g/mol. The molecule has 0 fully saturated rings. The summed E-state index contributed by atoms with van der Waals surface area (Å²) >= 11 is 0. The Morgan fingerprint density at radius 3 is 2.63 bits per heavy atom. The number of carbonyl (C=O) groups excluding carboxylic acids is 3. The second kappa shape index (κ2) is 12.1. The van der Waals surface area contributed by atoms with Gasteiger partial charge in [-0.05, 0) is 36.3 Å². The molecule has 1 aliphatic heterocycles. The molecule has 0 aromatic heterocycles. The Morgan fingerprint density at radius 1 is 1.21 bits per heavy atom. The summed E-state index contributed by atoms with van der Waals surface area (Å²) in [5, 5.41) is 23.6. The molecule has 4 atom stereocenters. The Bertz CT molecular complexity index is 1240. The third-order valence-corrected chi connectivity index (χ3v) is 6.75. The normalized spacial score (nSPS) is 21.6. The zero-order valence-corrected chi connectivity index (χ0v) is 21.4. The quantitative estimate of drug-likeness (QED) is 0.324. The van der Waals surface area contributed by atoms with Crippen molar-refractivity contribution in [3.8, 4) is 11.5 Å². The van der Waals surface area contributed by atoms with Crippen LogP contribution in [0.25, 0.3) is 0 Å². The maximum Gasteiger partial charge on any atom is 0.247 e. The summed E-state index contributed by atoms with van der Waals surface area (Å²) in [5.41, 5.74) is 1.99. The lowest BCUT2D eigenvalue weighted by atomic mass is 9.77. The number of amides is 2. The molecule has 38 heavy (non-hydrogen) atoms. The second-order valence-electron chi connectivity index (χ2n) is 9.16. The molecule has 3 N–H and O–H groups in total. The molecule has 2 amide bonds. The Kier molecular flexibility index (Phi) is 8.60.